The van der Waals surface area contributed by atoms with Crippen LogP contribution in [0.4, 0.5) is 13.2 Å². The average Bonchev–Trinajstić information content (AvgIpc) is 2.75. The minimum atomic E-state index is -4.49. The summed E-state index contributed by atoms with van der Waals surface area (Å²) in [7, 11) is 0. The Hall–Kier alpha value is -1.91. The van der Waals surface area contributed by atoms with Crippen LogP contribution in [0, 0.1) is 0 Å². The van der Waals surface area contributed by atoms with Crippen molar-refractivity contribution in [2.75, 3.05) is 6.61 Å². The number of furan rings is 1. The van der Waals surface area contributed by atoms with Crippen molar-refractivity contribution in [2.45, 2.75) is 13.1 Å². The zero-order chi connectivity index (χ0) is 13.2. The lowest BCUT2D eigenvalue weighted by Gasteiger charge is -2.05. The molecule has 0 radical (unpaired) electrons. The van der Waals surface area contributed by atoms with Crippen LogP contribution in [0.1, 0.15) is 12.5 Å². The van der Waals surface area contributed by atoms with Crippen LogP contribution < -0.4 is 4.74 Å². The molecule has 96 valence electrons. The fourth-order valence-electron chi connectivity index (χ4n) is 1.55. The molecule has 0 atom stereocenters. The van der Waals surface area contributed by atoms with E-state index in [9.17, 15) is 13.2 Å². The zero-order valence-corrected chi connectivity index (χ0v) is 9.62. The minimum Gasteiger partial charge on any atom is -0.465 e. The highest BCUT2D eigenvalue weighted by Gasteiger charge is 2.38. The van der Waals surface area contributed by atoms with Gasteiger partial charge in [0.2, 0.25) is 0 Å². The Kier molecular flexibility index (Phi) is 3.32. The van der Waals surface area contributed by atoms with Crippen LogP contribution in [0.2, 0.25) is 0 Å². The normalized spacial score (nSPS) is 11.6. The molecular formula is C13H11F3O2. The average molecular weight is 256 g/mol. The Bertz CT molecular complexity index is 515. The molecule has 0 aliphatic heterocycles. The largest absolute Gasteiger partial charge is 0.465 e. The summed E-state index contributed by atoms with van der Waals surface area (Å²) >= 11 is 0. The molecule has 2 nitrogen and oxygen atoms in total. The number of ether oxygens (including phenoxy) is 1. The summed E-state index contributed by atoms with van der Waals surface area (Å²) in [5.41, 5.74) is -0.308. The van der Waals surface area contributed by atoms with Gasteiger partial charge in [0.25, 0.3) is 5.95 Å². The quantitative estimate of drug-likeness (QED) is 0.813. The predicted octanol–water partition coefficient (Wildman–Crippen LogP) is 4.36. The van der Waals surface area contributed by atoms with Gasteiger partial charge >= 0.3 is 6.18 Å². The van der Waals surface area contributed by atoms with Crippen LogP contribution in [0.25, 0.3) is 11.3 Å². The van der Waals surface area contributed by atoms with Crippen molar-refractivity contribution >= 4 is 0 Å². The third-order valence-corrected chi connectivity index (χ3v) is 2.34. The fourth-order valence-corrected chi connectivity index (χ4v) is 1.55. The second-order valence-electron chi connectivity index (χ2n) is 3.61. The minimum absolute atomic E-state index is 0.116. The van der Waals surface area contributed by atoms with E-state index in [0.717, 1.165) is 6.07 Å². The molecular weight excluding hydrogens is 245 g/mol. The van der Waals surface area contributed by atoms with Gasteiger partial charge in [0.1, 0.15) is 11.3 Å². The lowest BCUT2D eigenvalue weighted by Crippen LogP contribution is -2.06. The number of rotatable bonds is 3. The topological polar surface area (TPSA) is 22.4 Å². The zero-order valence-electron chi connectivity index (χ0n) is 9.62. The second kappa shape index (κ2) is 4.76. The molecule has 0 aliphatic carbocycles. The third kappa shape index (κ3) is 2.50. The molecule has 18 heavy (non-hydrogen) atoms. The van der Waals surface area contributed by atoms with E-state index in [-0.39, 0.29) is 12.4 Å². The van der Waals surface area contributed by atoms with Gasteiger partial charge in [-0.2, -0.15) is 13.2 Å². The van der Waals surface area contributed by atoms with Crippen LogP contribution in [-0.2, 0) is 6.18 Å². The Labute approximate surface area is 102 Å². The van der Waals surface area contributed by atoms with Crippen molar-refractivity contribution in [3.05, 3.63) is 42.0 Å². The summed E-state index contributed by atoms with van der Waals surface area (Å²) in [4.78, 5) is 0. The van der Waals surface area contributed by atoms with Crippen molar-refractivity contribution in [2.24, 2.45) is 0 Å². The van der Waals surface area contributed by atoms with E-state index in [2.05, 4.69) is 0 Å². The summed E-state index contributed by atoms with van der Waals surface area (Å²) in [6.45, 7) is 1.72. The monoisotopic (exact) mass is 256 g/mol. The van der Waals surface area contributed by atoms with Crippen LogP contribution in [0.5, 0.6) is 5.95 Å². The molecule has 0 spiro atoms. The highest BCUT2D eigenvalue weighted by Crippen LogP contribution is 2.41. The molecule has 0 saturated carbocycles. The first-order valence-corrected chi connectivity index (χ1v) is 5.41. The molecule has 0 fully saturated rings. The lowest BCUT2D eigenvalue weighted by atomic mass is 10.1. The Morgan fingerprint density at radius 2 is 1.83 bits per heavy atom. The number of benzene rings is 1. The van der Waals surface area contributed by atoms with Gasteiger partial charge in [-0.05, 0) is 6.92 Å². The summed E-state index contributed by atoms with van der Waals surface area (Å²) in [5, 5.41) is 0. The molecule has 2 rings (SSSR count). The smallest absolute Gasteiger partial charge is 0.423 e. The number of alkyl halides is 3. The standard InChI is InChI=1S/C13H11F3O2/c1-2-17-12-10(13(14,15)16)8-11(18-12)9-6-4-3-5-7-9/h3-8H,2H2,1H3. The van der Waals surface area contributed by atoms with Crippen molar-refractivity contribution < 1.29 is 22.3 Å². The third-order valence-electron chi connectivity index (χ3n) is 2.34. The van der Waals surface area contributed by atoms with Gasteiger partial charge in [-0.1, -0.05) is 30.3 Å². The Balaban J connectivity index is 2.46. The summed E-state index contributed by atoms with van der Waals surface area (Å²) in [6, 6.07) is 9.54. The molecule has 0 unspecified atom stereocenters. The van der Waals surface area contributed by atoms with Gasteiger partial charge in [-0.3, -0.25) is 0 Å². The second-order valence-corrected chi connectivity index (χ2v) is 3.61. The molecule has 0 saturated heterocycles. The van der Waals surface area contributed by atoms with E-state index < -0.39 is 17.7 Å². The van der Waals surface area contributed by atoms with Crippen LogP contribution in [-0.4, -0.2) is 6.61 Å². The maximum Gasteiger partial charge on any atom is 0.423 e. The summed E-state index contributed by atoms with van der Waals surface area (Å²) < 4.78 is 48.3. The maximum absolute atomic E-state index is 12.8. The van der Waals surface area contributed by atoms with Gasteiger partial charge in [-0.25, -0.2) is 0 Å². The molecule has 0 bridgehead atoms. The number of halogens is 3. The molecule has 1 aromatic heterocycles. The molecule has 0 amide bonds. The highest BCUT2D eigenvalue weighted by molar-refractivity contribution is 5.59. The molecule has 1 heterocycles. The molecule has 1 aromatic carbocycles. The Morgan fingerprint density at radius 1 is 1.17 bits per heavy atom. The Morgan fingerprint density at radius 3 is 2.39 bits per heavy atom. The van der Waals surface area contributed by atoms with Gasteiger partial charge in [0.05, 0.1) is 6.61 Å². The highest BCUT2D eigenvalue weighted by atomic mass is 19.4. The van der Waals surface area contributed by atoms with E-state index >= 15 is 0 Å². The van der Waals surface area contributed by atoms with E-state index in [0.29, 0.717) is 5.56 Å². The van der Waals surface area contributed by atoms with Gasteiger partial charge in [0, 0.05) is 11.6 Å². The molecule has 0 aliphatic rings. The van der Waals surface area contributed by atoms with Crippen LogP contribution in [0.3, 0.4) is 0 Å². The number of hydrogen-bond donors (Lipinski definition) is 0. The summed E-state index contributed by atoms with van der Waals surface area (Å²) in [6.07, 6.45) is -4.49. The van der Waals surface area contributed by atoms with E-state index in [4.69, 9.17) is 9.15 Å². The van der Waals surface area contributed by atoms with Crippen molar-refractivity contribution in [3.8, 4) is 17.3 Å². The lowest BCUT2D eigenvalue weighted by molar-refractivity contribution is -0.139. The maximum atomic E-state index is 12.8. The van der Waals surface area contributed by atoms with Crippen molar-refractivity contribution in [1.29, 1.82) is 0 Å². The van der Waals surface area contributed by atoms with Crippen LogP contribution >= 0.6 is 0 Å². The van der Waals surface area contributed by atoms with E-state index in [1.54, 1.807) is 37.3 Å². The first-order chi connectivity index (χ1) is 8.52. The predicted molar refractivity (Wildman–Crippen MR) is 60.3 cm³/mol. The fraction of sp³-hybridized carbons (Fsp3) is 0.231. The first-order valence-electron chi connectivity index (χ1n) is 5.41. The van der Waals surface area contributed by atoms with Crippen LogP contribution in [0.15, 0.2) is 40.8 Å². The summed E-state index contributed by atoms with van der Waals surface area (Å²) in [5.74, 6) is -0.338. The molecule has 5 heteroatoms. The van der Waals surface area contributed by atoms with Gasteiger partial charge in [0.15, 0.2) is 0 Å². The number of hydrogen-bond acceptors (Lipinski definition) is 2. The SMILES string of the molecule is CCOc1oc(-c2ccccc2)cc1C(F)(F)F. The van der Waals surface area contributed by atoms with E-state index in [1.807, 2.05) is 0 Å². The molecule has 2 aromatic rings. The molecule has 0 N–H and O–H groups in total. The van der Waals surface area contributed by atoms with Gasteiger partial charge in [-0.15, -0.1) is 0 Å². The first kappa shape index (κ1) is 12.5. The van der Waals surface area contributed by atoms with Crippen molar-refractivity contribution in [3.63, 3.8) is 0 Å². The van der Waals surface area contributed by atoms with E-state index in [1.165, 1.54) is 0 Å². The van der Waals surface area contributed by atoms with Crippen molar-refractivity contribution in [1.82, 2.24) is 0 Å². The van der Waals surface area contributed by atoms with Gasteiger partial charge < -0.3 is 9.15 Å².